The summed E-state index contributed by atoms with van der Waals surface area (Å²) < 4.78 is 10.9. The first kappa shape index (κ1) is 17.6. The van der Waals surface area contributed by atoms with Gasteiger partial charge in [-0.15, -0.1) is 0 Å². The van der Waals surface area contributed by atoms with E-state index in [1.807, 2.05) is 0 Å². The summed E-state index contributed by atoms with van der Waals surface area (Å²) in [5.41, 5.74) is 0.406. The highest BCUT2D eigenvalue weighted by atomic mass is 35.5. The maximum Gasteiger partial charge on any atom is 0.281 e. The monoisotopic (exact) mass is 383 g/mol. The molecule has 0 N–H and O–H groups in total. The van der Waals surface area contributed by atoms with Gasteiger partial charge in [0, 0.05) is 12.1 Å². The van der Waals surface area contributed by atoms with E-state index < -0.39 is 5.91 Å². The third kappa shape index (κ3) is 3.43. The summed E-state index contributed by atoms with van der Waals surface area (Å²) in [4.78, 5) is 18.8. The number of hydrogen-bond donors (Lipinski definition) is 0. The fourth-order valence-electron chi connectivity index (χ4n) is 2.48. The molecule has 9 heteroatoms. The van der Waals surface area contributed by atoms with Crippen LogP contribution < -0.4 is 19.1 Å². The second-order valence-electron chi connectivity index (χ2n) is 5.49. The van der Waals surface area contributed by atoms with Crippen LogP contribution in [-0.4, -0.2) is 31.2 Å². The van der Waals surface area contributed by atoms with E-state index in [0.29, 0.717) is 16.2 Å². The van der Waals surface area contributed by atoms with Gasteiger partial charge in [0.1, 0.15) is 15.8 Å². The number of ether oxygens (including phenoxy) is 2. The minimum Gasteiger partial charge on any atom is -0.619 e. The third-order valence-electron chi connectivity index (χ3n) is 3.79. The van der Waals surface area contributed by atoms with Gasteiger partial charge in [-0.25, -0.2) is 4.98 Å². The number of rotatable bonds is 5. The predicted molar refractivity (Wildman–Crippen MR) is 92.6 cm³/mol. The number of carbonyl (C=O) groups is 1. The van der Waals surface area contributed by atoms with E-state index in [1.54, 1.807) is 6.07 Å². The van der Waals surface area contributed by atoms with Crippen molar-refractivity contribution in [3.63, 3.8) is 0 Å². The molecule has 7 nitrogen and oxygen atoms in total. The fourth-order valence-corrected chi connectivity index (χ4v) is 3.10. The molecule has 1 fully saturated rings. The van der Waals surface area contributed by atoms with E-state index in [4.69, 9.17) is 32.7 Å². The second kappa shape index (κ2) is 6.93. The van der Waals surface area contributed by atoms with Crippen LogP contribution in [0.2, 0.25) is 10.0 Å². The molecule has 2 heterocycles. The summed E-state index contributed by atoms with van der Waals surface area (Å²) in [5.74, 6) is 0.334. The molecule has 1 aliphatic carbocycles. The first-order valence-electron chi connectivity index (χ1n) is 7.45. The molecule has 0 spiro atoms. The van der Waals surface area contributed by atoms with Gasteiger partial charge in [-0.05, 0) is 12.8 Å². The largest absolute Gasteiger partial charge is 0.619 e. The smallest absolute Gasteiger partial charge is 0.281 e. The van der Waals surface area contributed by atoms with E-state index in [1.165, 1.54) is 25.3 Å². The zero-order chi connectivity index (χ0) is 18.1. The maximum atomic E-state index is 13.1. The van der Waals surface area contributed by atoms with Gasteiger partial charge in [0.25, 0.3) is 5.91 Å². The number of halogens is 2. The highest BCUT2D eigenvalue weighted by molar-refractivity contribution is 6.39. The lowest BCUT2D eigenvalue weighted by Crippen LogP contribution is -2.36. The highest BCUT2D eigenvalue weighted by Gasteiger charge is 2.39. The van der Waals surface area contributed by atoms with Crippen molar-refractivity contribution in [3.05, 3.63) is 45.6 Å². The van der Waals surface area contributed by atoms with Gasteiger partial charge in [0.15, 0.2) is 11.4 Å². The van der Waals surface area contributed by atoms with Crippen LogP contribution in [0, 0.1) is 5.21 Å². The summed E-state index contributed by atoms with van der Waals surface area (Å²) >= 11 is 12.4. The molecule has 3 rings (SSSR count). The molecule has 1 saturated carbocycles. The molecule has 1 amide bonds. The zero-order valence-electron chi connectivity index (χ0n) is 13.5. The molecule has 0 radical (unpaired) electrons. The number of hydrogen-bond acceptors (Lipinski definition) is 5. The minimum atomic E-state index is -0.408. The quantitative estimate of drug-likeness (QED) is 0.585. The lowest BCUT2D eigenvalue weighted by molar-refractivity contribution is -0.605. The Morgan fingerprint density at radius 1 is 1.28 bits per heavy atom. The number of pyridine rings is 2. The normalized spacial score (nSPS) is 13.4. The van der Waals surface area contributed by atoms with Crippen LogP contribution in [0.3, 0.4) is 0 Å². The van der Waals surface area contributed by atoms with Crippen molar-refractivity contribution < 1.29 is 19.0 Å². The summed E-state index contributed by atoms with van der Waals surface area (Å²) in [6.07, 6.45) is 5.36. The first-order valence-corrected chi connectivity index (χ1v) is 8.21. The zero-order valence-corrected chi connectivity index (χ0v) is 15.0. The number of aromatic nitrogens is 2. The molecule has 0 atom stereocenters. The van der Waals surface area contributed by atoms with E-state index in [0.717, 1.165) is 25.2 Å². The molecule has 0 bridgehead atoms. The van der Waals surface area contributed by atoms with E-state index in [2.05, 4.69) is 4.98 Å². The van der Waals surface area contributed by atoms with E-state index in [-0.39, 0.29) is 27.5 Å². The Kier molecular flexibility index (Phi) is 4.87. The number of nitrogens with zero attached hydrogens (tertiary/aromatic N) is 3. The minimum absolute atomic E-state index is 0.0568. The van der Waals surface area contributed by atoms with E-state index in [9.17, 15) is 10.0 Å². The fraction of sp³-hybridized carbons (Fsp3) is 0.312. The van der Waals surface area contributed by atoms with Gasteiger partial charge < -0.3 is 19.6 Å². The summed E-state index contributed by atoms with van der Waals surface area (Å²) in [5, 5.41) is 11.7. The lowest BCUT2D eigenvalue weighted by atomic mass is 10.2. The van der Waals surface area contributed by atoms with Crippen LogP contribution in [0.15, 0.2) is 24.7 Å². The third-order valence-corrected chi connectivity index (χ3v) is 4.34. The van der Waals surface area contributed by atoms with Crippen molar-refractivity contribution in [2.24, 2.45) is 0 Å². The molecule has 2 aromatic rings. The number of methoxy groups -OCH3 is 2. The molecular formula is C16H15Cl2N3O4. The molecule has 0 aromatic carbocycles. The van der Waals surface area contributed by atoms with Gasteiger partial charge in [-0.1, -0.05) is 23.2 Å². The van der Waals surface area contributed by atoms with Crippen LogP contribution in [0.4, 0.5) is 5.69 Å². The number of anilines is 1. The Morgan fingerprint density at radius 2 is 1.92 bits per heavy atom. The van der Waals surface area contributed by atoms with E-state index >= 15 is 0 Å². The van der Waals surface area contributed by atoms with Gasteiger partial charge in [-0.3, -0.25) is 4.79 Å². The van der Waals surface area contributed by atoms with Crippen LogP contribution in [0.1, 0.15) is 23.3 Å². The lowest BCUT2D eigenvalue weighted by Gasteiger charge is -2.24. The predicted octanol–water partition coefficient (Wildman–Crippen LogP) is 2.85. The molecule has 25 heavy (non-hydrogen) atoms. The first-order chi connectivity index (χ1) is 12.0. The maximum absolute atomic E-state index is 13.1. The molecular weight excluding hydrogens is 369 g/mol. The summed E-state index contributed by atoms with van der Waals surface area (Å²) in [6.45, 7) is 0. The van der Waals surface area contributed by atoms with Gasteiger partial charge in [0.2, 0.25) is 12.4 Å². The van der Waals surface area contributed by atoms with Crippen molar-refractivity contribution in [2.75, 3.05) is 19.1 Å². The molecule has 2 aromatic heterocycles. The Morgan fingerprint density at radius 3 is 2.44 bits per heavy atom. The van der Waals surface area contributed by atoms with Crippen molar-refractivity contribution in [2.45, 2.75) is 18.9 Å². The van der Waals surface area contributed by atoms with Crippen LogP contribution in [-0.2, 0) is 0 Å². The van der Waals surface area contributed by atoms with Crippen molar-refractivity contribution in [1.82, 2.24) is 4.98 Å². The molecule has 0 aliphatic heterocycles. The molecule has 1 aliphatic rings. The van der Waals surface area contributed by atoms with Gasteiger partial charge >= 0.3 is 0 Å². The van der Waals surface area contributed by atoms with Crippen LogP contribution in [0.5, 0.6) is 11.5 Å². The Balaban J connectivity index is 2.07. The summed E-state index contributed by atoms with van der Waals surface area (Å²) in [7, 11) is 2.94. The molecule has 0 saturated heterocycles. The van der Waals surface area contributed by atoms with Crippen molar-refractivity contribution in [1.29, 1.82) is 0 Å². The highest BCUT2D eigenvalue weighted by Crippen LogP contribution is 2.41. The van der Waals surface area contributed by atoms with Crippen molar-refractivity contribution in [3.8, 4) is 11.5 Å². The summed E-state index contributed by atoms with van der Waals surface area (Å²) in [6, 6.07) is 1.52. The Bertz CT molecular complexity index is 804. The van der Waals surface area contributed by atoms with Crippen LogP contribution >= 0.6 is 23.2 Å². The second-order valence-corrected chi connectivity index (χ2v) is 6.31. The number of amides is 1. The average molecular weight is 384 g/mol. The standard InChI is InChI=1S/C16H15Cl2N3O4/c1-24-10-5-13(25-2)14(19-6-10)16(22)21(9-3-4-9)15-11(17)7-20(23)8-12(15)18/h5-9H,3-4H2,1-2H3. The van der Waals surface area contributed by atoms with Crippen LogP contribution in [0.25, 0.3) is 0 Å². The topological polar surface area (TPSA) is 78.6 Å². The Hall–Kier alpha value is -2.25. The van der Waals surface area contributed by atoms with Gasteiger partial charge in [0.05, 0.1) is 26.1 Å². The number of carbonyl (C=O) groups excluding carboxylic acids is 1. The average Bonchev–Trinajstić information content (AvgIpc) is 3.41. The van der Waals surface area contributed by atoms with Crippen molar-refractivity contribution >= 4 is 34.8 Å². The molecule has 132 valence electrons. The molecule has 0 unspecified atom stereocenters. The van der Waals surface area contributed by atoms with Gasteiger partial charge in [-0.2, -0.15) is 4.73 Å². The Labute approximate surface area is 154 Å². The SMILES string of the molecule is COc1cnc(C(=O)N(c2c(Cl)c[n+]([O-])cc2Cl)C2CC2)c(OC)c1.